The van der Waals surface area contributed by atoms with Gasteiger partial charge in [0.25, 0.3) is 0 Å². The van der Waals surface area contributed by atoms with Crippen LogP contribution in [0, 0.1) is 5.92 Å². The molecular weight excluding hydrogens is 646 g/mol. The van der Waals surface area contributed by atoms with Crippen LogP contribution < -0.4 is 5.32 Å². The van der Waals surface area contributed by atoms with Gasteiger partial charge in [0.05, 0.1) is 152 Å². The molecule has 0 aliphatic rings. The Morgan fingerprint density at radius 1 is 0.449 bits per heavy atom. The summed E-state index contributed by atoms with van der Waals surface area (Å²) in [5.74, 6) is 0.593. The molecule has 1 N–H and O–H groups in total. The topological polar surface area (TPSA) is 149 Å². The van der Waals surface area contributed by atoms with Crippen LogP contribution in [0.2, 0.25) is 0 Å². The largest absolute Gasteiger partial charge is 0.444 e. The fraction of sp³-hybridized carbons (Fsp3) is 0.971. The van der Waals surface area contributed by atoms with E-state index in [1.165, 1.54) is 0 Å². The minimum absolute atomic E-state index is 0.383. The first-order valence-corrected chi connectivity index (χ1v) is 17.7. The molecule has 0 aliphatic carbocycles. The second-order valence-corrected chi connectivity index (χ2v) is 11.8. The number of carbonyl (C=O) groups excluding carboxylic acids is 1. The molecule has 15 heteroatoms. The minimum atomic E-state index is -0.511. The Bertz CT molecular complexity index is 671. The van der Waals surface area contributed by atoms with Crippen molar-refractivity contribution in [2.24, 2.45) is 5.92 Å². The van der Waals surface area contributed by atoms with Crippen LogP contribution in [-0.2, 0) is 61.6 Å². The molecule has 0 fully saturated rings. The smallest absolute Gasteiger partial charge is 0.407 e. The van der Waals surface area contributed by atoms with Gasteiger partial charge in [-0.25, -0.2) is 4.79 Å². The molecule has 15 nitrogen and oxygen atoms in total. The second-order valence-electron chi connectivity index (χ2n) is 11.8. The van der Waals surface area contributed by atoms with Gasteiger partial charge in [-0.3, -0.25) is 0 Å². The van der Waals surface area contributed by atoms with Crippen molar-refractivity contribution in [3.05, 3.63) is 0 Å². The molecule has 294 valence electrons. The van der Waals surface area contributed by atoms with Crippen LogP contribution in [-0.4, -0.2) is 177 Å². The summed E-state index contributed by atoms with van der Waals surface area (Å²) in [6, 6.07) is 0. The standard InChI is InChI=1S/C34H69NO14/c1-6-32(2)31-48-30-29-47-28-27-46-26-25-45-24-23-44-22-21-43-20-19-42-18-17-41-16-15-40-14-13-39-12-11-38-10-9-37-8-7-35-33(36)49-34(3,4)5/h32H,6-31H2,1-5H3,(H,35,36). The Morgan fingerprint density at radius 3 is 0.939 bits per heavy atom. The molecule has 49 heavy (non-hydrogen) atoms. The van der Waals surface area contributed by atoms with E-state index in [1.54, 1.807) is 0 Å². The van der Waals surface area contributed by atoms with Gasteiger partial charge >= 0.3 is 6.09 Å². The van der Waals surface area contributed by atoms with Crippen LogP contribution in [0.25, 0.3) is 0 Å². The van der Waals surface area contributed by atoms with E-state index >= 15 is 0 Å². The van der Waals surface area contributed by atoms with Gasteiger partial charge in [-0.1, -0.05) is 20.3 Å². The summed E-state index contributed by atoms with van der Waals surface area (Å²) < 4.78 is 70.8. The highest BCUT2D eigenvalue weighted by molar-refractivity contribution is 5.67. The van der Waals surface area contributed by atoms with E-state index in [1.807, 2.05) is 20.8 Å². The van der Waals surface area contributed by atoms with Gasteiger partial charge in [-0.2, -0.15) is 0 Å². The molecule has 0 spiro atoms. The van der Waals surface area contributed by atoms with Crippen molar-refractivity contribution in [3.8, 4) is 0 Å². The van der Waals surface area contributed by atoms with Crippen molar-refractivity contribution in [1.82, 2.24) is 5.32 Å². The van der Waals surface area contributed by atoms with Gasteiger partial charge in [0, 0.05) is 13.2 Å². The third-order valence-corrected chi connectivity index (χ3v) is 6.11. The van der Waals surface area contributed by atoms with E-state index in [0.717, 1.165) is 13.0 Å². The third-order valence-electron chi connectivity index (χ3n) is 6.11. The van der Waals surface area contributed by atoms with Gasteiger partial charge in [-0.15, -0.1) is 0 Å². The lowest BCUT2D eigenvalue weighted by Gasteiger charge is -2.19. The SMILES string of the molecule is CCC(C)COCCOCCOCCOCCOCCOCCOCCOCCOCCOCCOCCOCCNC(=O)OC(C)(C)C. The van der Waals surface area contributed by atoms with E-state index in [9.17, 15) is 4.79 Å². The highest BCUT2D eigenvalue weighted by Gasteiger charge is 2.15. The molecule has 0 bridgehead atoms. The first-order chi connectivity index (χ1) is 23.8. The summed E-state index contributed by atoms with van der Waals surface area (Å²) in [7, 11) is 0. The molecule has 0 saturated heterocycles. The zero-order chi connectivity index (χ0) is 35.9. The first kappa shape index (κ1) is 47.8. The van der Waals surface area contributed by atoms with Crippen molar-refractivity contribution < 1.29 is 66.4 Å². The summed E-state index contributed by atoms with van der Waals surface area (Å²) in [6.45, 7) is 22.6. The van der Waals surface area contributed by atoms with Crippen molar-refractivity contribution in [2.45, 2.75) is 46.6 Å². The molecule has 0 rings (SSSR count). The second kappa shape index (κ2) is 38.0. The fourth-order valence-electron chi connectivity index (χ4n) is 3.36. The molecule has 0 radical (unpaired) electrons. The maximum atomic E-state index is 11.5. The lowest BCUT2D eigenvalue weighted by Crippen LogP contribution is -2.34. The number of nitrogens with one attached hydrogen (secondary N) is 1. The number of hydrogen-bond donors (Lipinski definition) is 1. The number of alkyl carbamates (subject to hydrolysis) is 1. The van der Waals surface area contributed by atoms with Crippen molar-refractivity contribution in [2.75, 3.05) is 165 Å². The number of carbonyl (C=O) groups is 1. The van der Waals surface area contributed by atoms with E-state index in [-0.39, 0.29) is 0 Å². The van der Waals surface area contributed by atoms with Crippen LogP contribution in [0.3, 0.4) is 0 Å². The molecule has 0 heterocycles. The first-order valence-electron chi connectivity index (χ1n) is 17.7. The minimum Gasteiger partial charge on any atom is -0.444 e. The average Bonchev–Trinajstić information content (AvgIpc) is 3.06. The van der Waals surface area contributed by atoms with Gasteiger partial charge < -0.3 is 66.9 Å². The quantitative estimate of drug-likeness (QED) is 0.0930. The molecular formula is C34H69NO14. The molecule has 0 aromatic carbocycles. The molecule has 0 aliphatic heterocycles. The van der Waals surface area contributed by atoms with Crippen LogP contribution in [0.1, 0.15) is 41.0 Å². The van der Waals surface area contributed by atoms with Gasteiger partial charge in [-0.05, 0) is 26.7 Å². The molecule has 1 unspecified atom stereocenters. The van der Waals surface area contributed by atoms with Crippen LogP contribution >= 0.6 is 0 Å². The maximum Gasteiger partial charge on any atom is 0.407 e. The Morgan fingerprint density at radius 2 is 0.694 bits per heavy atom. The monoisotopic (exact) mass is 715 g/mol. The van der Waals surface area contributed by atoms with Crippen LogP contribution in [0.4, 0.5) is 4.79 Å². The van der Waals surface area contributed by atoms with Crippen molar-refractivity contribution in [1.29, 1.82) is 0 Å². The number of hydrogen-bond acceptors (Lipinski definition) is 14. The fourth-order valence-corrected chi connectivity index (χ4v) is 3.36. The zero-order valence-electron chi connectivity index (χ0n) is 31.2. The summed E-state index contributed by atoms with van der Waals surface area (Å²) in [4.78, 5) is 11.5. The van der Waals surface area contributed by atoms with E-state index in [2.05, 4.69) is 19.2 Å². The Balaban J connectivity index is 3.10. The summed E-state index contributed by atoms with van der Waals surface area (Å²) >= 11 is 0. The Hall–Kier alpha value is -1.21. The van der Waals surface area contributed by atoms with E-state index in [4.69, 9.17) is 61.6 Å². The van der Waals surface area contributed by atoms with E-state index < -0.39 is 11.7 Å². The van der Waals surface area contributed by atoms with Gasteiger partial charge in [0.15, 0.2) is 0 Å². The lowest BCUT2D eigenvalue weighted by molar-refractivity contribution is -0.0286. The predicted molar refractivity (Wildman–Crippen MR) is 184 cm³/mol. The lowest BCUT2D eigenvalue weighted by atomic mass is 10.1. The summed E-state index contributed by atoms with van der Waals surface area (Å²) in [5.41, 5.74) is -0.511. The Kier molecular flexibility index (Phi) is 37.1. The predicted octanol–water partition coefficient (Wildman–Crippen LogP) is 2.76. The summed E-state index contributed by atoms with van der Waals surface area (Å²) in [6.07, 6.45) is 0.677. The molecule has 0 aromatic heterocycles. The van der Waals surface area contributed by atoms with Crippen molar-refractivity contribution in [3.63, 3.8) is 0 Å². The number of amides is 1. The van der Waals surface area contributed by atoms with Crippen LogP contribution in [0.5, 0.6) is 0 Å². The molecule has 1 amide bonds. The van der Waals surface area contributed by atoms with Crippen LogP contribution in [0.15, 0.2) is 0 Å². The summed E-state index contributed by atoms with van der Waals surface area (Å²) in [5, 5.41) is 2.63. The number of rotatable bonds is 39. The maximum absolute atomic E-state index is 11.5. The zero-order valence-corrected chi connectivity index (χ0v) is 31.2. The Labute approximate surface area is 295 Å². The normalized spacial score (nSPS) is 12.4. The highest BCUT2D eigenvalue weighted by atomic mass is 16.6. The van der Waals surface area contributed by atoms with Crippen molar-refractivity contribution >= 4 is 6.09 Å². The molecule has 0 saturated carbocycles. The number of ether oxygens (including phenoxy) is 13. The molecule has 1 atom stereocenters. The van der Waals surface area contributed by atoms with Gasteiger partial charge in [0.1, 0.15) is 5.60 Å². The van der Waals surface area contributed by atoms with E-state index in [0.29, 0.717) is 164 Å². The highest BCUT2D eigenvalue weighted by Crippen LogP contribution is 2.06. The third kappa shape index (κ3) is 42.9. The average molecular weight is 716 g/mol. The molecule has 0 aromatic rings. The van der Waals surface area contributed by atoms with Gasteiger partial charge in [0.2, 0.25) is 0 Å².